The summed E-state index contributed by atoms with van der Waals surface area (Å²) >= 11 is 3.63. The summed E-state index contributed by atoms with van der Waals surface area (Å²) in [4.78, 5) is 37.2. The maximum Gasteiger partial charge on any atom is 0.373 e. The van der Waals surface area contributed by atoms with E-state index in [0.717, 1.165) is 6.54 Å². The molecule has 2 aromatic heterocycles. The van der Waals surface area contributed by atoms with Crippen LogP contribution in [0.15, 0.2) is 52.2 Å². The number of fused-ring (bicyclic) bond motifs is 6. The highest BCUT2D eigenvalue weighted by molar-refractivity contribution is 7.86. The van der Waals surface area contributed by atoms with E-state index in [1.807, 2.05) is 11.3 Å². The molecule has 0 saturated carbocycles. The molecule has 2 radical (unpaired) electrons. The van der Waals surface area contributed by atoms with Crippen molar-refractivity contribution in [3.8, 4) is 0 Å². The van der Waals surface area contributed by atoms with E-state index in [0.29, 0.717) is 13.0 Å². The SMILES string of the molecule is C.CC1=Nc2c(ccc3sccc23)C1(C)C.CCCC[N+]1=C(C)C(C)(C)c2ccc3sccc3c21.O=C=O.O=C=O.O=S1(=O)CCCO1.[2H][B]. The molecule has 9 nitrogen and oxygen atoms in total. The third kappa shape index (κ3) is 9.57. The molecule has 262 valence electrons. The first kappa shape index (κ1) is 41.6. The van der Waals surface area contributed by atoms with Crippen molar-refractivity contribution in [3.05, 3.63) is 58.3 Å². The molecular formula is C36H46BN2O7S3+. The molecule has 1 saturated heterocycles. The zero-order valence-electron chi connectivity index (χ0n) is 29.4. The van der Waals surface area contributed by atoms with E-state index in [-0.39, 0.29) is 36.3 Å². The second-order valence-corrected chi connectivity index (χ2v) is 15.9. The molecule has 3 aliphatic heterocycles. The lowest BCUT2D eigenvalue weighted by atomic mass is 9.82. The summed E-state index contributed by atoms with van der Waals surface area (Å²) < 4.78 is 35.3. The molecule has 3 aliphatic rings. The van der Waals surface area contributed by atoms with Gasteiger partial charge in [-0.1, -0.05) is 40.7 Å². The van der Waals surface area contributed by atoms with Crippen LogP contribution in [0, 0.1) is 0 Å². The quantitative estimate of drug-likeness (QED) is 0.119. The highest BCUT2D eigenvalue weighted by atomic mass is 32.2. The second kappa shape index (κ2) is 18.4. The Hall–Kier alpha value is -3.57. The van der Waals surface area contributed by atoms with Crippen molar-refractivity contribution in [2.24, 2.45) is 4.99 Å². The molecule has 0 atom stereocenters. The van der Waals surface area contributed by atoms with Crippen molar-refractivity contribution in [1.82, 2.24) is 0 Å². The van der Waals surface area contributed by atoms with E-state index in [4.69, 9.17) is 25.5 Å². The summed E-state index contributed by atoms with van der Waals surface area (Å²) in [6, 6.07) is 13.5. The van der Waals surface area contributed by atoms with Gasteiger partial charge in [0.2, 0.25) is 5.69 Å². The molecule has 1 fully saturated rings. The Kier molecular flexibility index (Phi) is 15.7. The van der Waals surface area contributed by atoms with Gasteiger partial charge in [0.05, 0.1) is 28.8 Å². The lowest BCUT2D eigenvalue weighted by molar-refractivity contribution is -0.438. The van der Waals surface area contributed by atoms with Crippen molar-refractivity contribution >= 4 is 96.4 Å². The first-order chi connectivity index (χ1) is 23.2. The molecule has 5 heterocycles. The number of aliphatic imine (C=N–C) groups is 1. The Labute approximate surface area is 301 Å². The van der Waals surface area contributed by atoms with E-state index >= 15 is 0 Å². The van der Waals surface area contributed by atoms with Crippen LogP contribution in [0.25, 0.3) is 20.2 Å². The molecule has 4 aromatic rings. The highest BCUT2D eigenvalue weighted by Gasteiger charge is 2.43. The summed E-state index contributed by atoms with van der Waals surface area (Å²) in [5, 5.41) is 7.09. The second-order valence-electron chi connectivity index (χ2n) is 12.2. The van der Waals surface area contributed by atoms with E-state index < -0.39 is 10.1 Å². The molecule has 2 aromatic carbocycles. The van der Waals surface area contributed by atoms with E-state index in [2.05, 4.69) is 113 Å². The third-order valence-corrected chi connectivity index (χ3v) is 11.9. The highest BCUT2D eigenvalue weighted by Crippen LogP contribution is 2.46. The topological polar surface area (TPSA) is 127 Å². The van der Waals surface area contributed by atoms with Crippen molar-refractivity contribution in [2.45, 2.75) is 86.0 Å². The number of hydrogen-bond donors (Lipinski definition) is 0. The number of thiophene rings is 2. The van der Waals surface area contributed by atoms with Gasteiger partial charge in [-0.05, 0) is 75.2 Å². The van der Waals surface area contributed by atoms with Gasteiger partial charge >= 0.3 is 12.3 Å². The summed E-state index contributed by atoms with van der Waals surface area (Å²) in [5.74, 6) is 0.201. The molecule has 0 aliphatic carbocycles. The van der Waals surface area contributed by atoms with Gasteiger partial charge in [-0.25, -0.2) is 0 Å². The van der Waals surface area contributed by atoms with Gasteiger partial charge in [-0.2, -0.15) is 32.2 Å². The maximum absolute atomic E-state index is 10.2. The molecule has 0 bridgehead atoms. The summed E-state index contributed by atoms with van der Waals surface area (Å²) in [5.41, 5.74) is 8.50. The number of hydrogen-bond acceptors (Lipinski definition) is 10. The van der Waals surface area contributed by atoms with Crippen LogP contribution in [0.4, 0.5) is 11.4 Å². The standard InChI is InChI=1S/C17H22NS.C13H13NS.C3H6O3S.2CO2.CH4.BH/c1-5-6-10-18-12(2)17(3,4)14-7-8-15-13(16(14)18)9-11-19-15;1-8-13(2,3)10-4-5-11-9(6-7-15-11)12(10)14-8;4-7(5)3-1-2-6-7;2*2-1-3;;/h7-9,11H,5-6,10H2,1-4H3;4-7H,1-3H3;1-3H2;;;1H4;1H/q+1;;;;;;/i;;;;;;1D. The van der Waals surface area contributed by atoms with Crippen molar-refractivity contribution in [1.29, 1.82) is 1.34 Å². The van der Waals surface area contributed by atoms with Crippen LogP contribution in [-0.4, -0.2) is 65.3 Å². The zero-order valence-corrected chi connectivity index (χ0v) is 30.9. The first-order valence-electron chi connectivity index (χ1n) is 15.8. The minimum atomic E-state index is -3.05. The third-order valence-electron chi connectivity index (χ3n) is 8.86. The summed E-state index contributed by atoms with van der Waals surface area (Å²) in [7, 11) is 0.704. The van der Waals surface area contributed by atoms with Crippen LogP contribution >= 0.6 is 22.7 Å². The number of benzene rings is 2. The monoisotopic (exact) mass is 726 g/mol. The van der Waals surface area contributed by atoms with Crippen LogP contribution in [-0.2, 0) is 44.3 Å². The molecular weight excluding hydrogens is 679 g/mol. The van der Waals surface area contributed by atoms with E-state index in [1.54, 1.807) is 11.3 Å². The Morgan fingerprint density at radius 3 is 1.92 bits per heavy atom. The molecule has 0 spiro atoms. The Balaban J connectivity index is 0.000000358. The van der Waals surface area contributed by atoms with Gasteiger partial charge in [0.1, 0.15) is 6.54 Å². The van der Waals surface area contributed by atoms with Crippen LogP contribution < -0.4 is 0 Å². The Morgan fingerprint density at radius 1 is 0.898 bits per heavy atom. The van der Waals surface area contributed by atoms with Crippen LogP contribution in [0.1, 0.15) is 86.3 Å². The average molecular weight is 727 g/mol. The largest absolute Gasteiger partial charge is 0.373 e. The van der Waals surface area contributed by atoms with E-state index in [9.17, 15) is 8.42 Å². The van der Waals surface area contributed by atoms with Crippen LogP contribution in [0.2, 0.25) is 0 Å². The van der Waals surface area contributed by atoms with Gasteiger partial charge in [0.25, 0.3) is 10.1 Å². The Morgan fingerprint density at radius 2 is 1.43 bits per heavy atom. The number of unbranched alkanes of at least 4 members (excludes halogenated alkanes) is 1. The lowest BCUT2D eigenvalue weighted by Gasteiger charge is -2.19. The van der Waals surface area contributed by atoms with Crippen LogP contribution in [0.3, 0.4) is 0 Å². The fourth-order valence-corrected chi connectivity index (χ4v) is 8.30. The number of nitrogens with zero attached hydrogens (tertiary/aromatic N) is 2. The van der Waals surface area contributed by atoms with Crippen LogP contribution in [0.5, 0.6) is 0 Å². The predicted molar refractivity (Wildman–Crippen MR) is 201 cm³/mol. The van der Waals surface area contributed by atoms with Gasteiger partial charge < -0.3 is 0 Å². The van der Waals surface area contributed by atoms with Crippen molar-refractivity contribution < 1.29 is 36.4 Å². The maximum atomic E-state index is 10.2. The molecule has 0 N–H and O–H groups in total. The van der Waals surface area contributed by atoms with Crippen molar-refractivity contribution in [3.63, 3.8) is 0 Å². The Bertz CT molecular complexity index is 1960. The zero-order chi connectivity index (χ0) is 37.0. The van der Waals surface area contributed by atoms with Gasteiger partial charge in [0.15, 0.2) is 5.71 Å². The molecule has 0 unspecified atom stereocenters. The molecule has 13 heteroatoms. The van der Waals surface area contributed by atoms with Gasteiger partial charge in [-0.15, -0.1) is 22.7 Å². The normalized spacial score (nSPS) is 16.6. The smallest absolute Gasteiger partial charge is 0.270 e. The molecule has 0 amide bonds. The molecule has 7 rings (SSSR count). The summed E-state index contributed by atoms with van der Waals surface area (Å²) in [6.07, 6.45) is 3.66. The lowest BCUT2D eigenvalue weighted by Crippen LogP contribution is -2.26. The first-order valence-corrected chi connectivity index (χ1v) is 18.6. The number of rotatable bonds is 3. The number of carbonyl (C=O) groups excluding carboxylic acids is 4. The van der Waals surface area contributed by atoms with Crippen molar-refractivity contribution in [2.75, 3.05) is 18.9 Å². The average Bonchev–Trinajstić information content (AvgIpc) is 3.88. The van der Waals surface area contributed by atoms with E-state index in [1.165, 1.54) is 66.9 Å². The fraction of sp³-hybridized carbons (Fsp3) is 0.444. The van der Waals surface area contributed by atoms with Gasteiger partial charge in [-0.3, -0.25) is 9.18 Å². The minimum Gasteiger partial charge on any atom is -0.270 e. The fourth-order valence-electron chi connectivity index (χ4n) is 5.76. The molecule has 49 heavy (non-hydrogen) atoms. The predicted octanol–water partition coefficient (Wildman–Crippen LogP) is 7.94. The minimum absolute atomic E-state index is 0. The summed E-state index contributed by atoms with van der Waals surface area (Å²) in [6.45, 7) is 17.4. The van der Waals surface area contributed by atoms with Gasteiger partial charge in [0, 0.05) is 53.2 Å².